The smallest absolute Gasteiger partial charge is 0.220 e. The zero-order valence-corrected chi connectivity index (χ0v) is 30.1. The SMILES string of the molecule is COc1nc(-c2cccc(-c3ccnc(-c4cc(OC)c5nc(CN[C@H]6CC[C@H](O)CC6)cn5c4)c3Cl)c2Cl)ccc1CNC[C@H]1CCC(=O)N1. The average Bonchev–Trinajstić information content (AvgIpc) is 3.76. The van der Waals surface area contributed by atoms with E-state index in [1.54, 1.807) is 20.4 Å². The van der Waals surface area contributed by atoms with Gasteiger partial charge in [0, 0.05) is 84.5 Å². The number of fused-ring (bicyclic) bond motifs is 1. The molecule has 1 saturated heterocycles. The quantitative estimate of drug-likeness (QED) is 0.118. The van der Waals surface area contributed by atoms with Gasteiger partial charge in [0.15, 0.2) is 11.4 Å². The number of aliphatic hydroxyl groups excluding tert-OH is 1. The number of aromatic nitrogens is 4. The van der Waals surface area contributed by atoms with E-state index in [9.17, 15) is 9.90 Å². The summed E-state index contributed by atoms with van der Waals surface area (Å²) < 4.78 is 13.4. The Bertz CT molecular complexity index is 2050. The molecule has 1 aliphatic heterocycles. The Balaban J connectivity index is 1.13. The summed E-state index contributed by atoms with van der Waals surface area (Å²) in [6.45, 7) is 1.84. The predicted molar refractivity (Wildman–Crippen MR) is 198 cm³/mol. The van der Waals surface area contributed by atoms with Crippen LogP contribution in [0.15, 0.2) is 61.1 Å². The number of benzene rings is 1. The number of nitrogens with zero attached hydrogens (tertiary/aromatic N) is 4. The number of carbonyl (C=O) groups excluding carboxylic acids is 1. The number of imidazole rings is 1. The van der Waals surface area contributed by atoms with Crippen molar-refractivity contribution < 1.29 is 19.4 Å². The van der Waals surface area contributed by atoms with Crippen LogP contribution >= 0.6 is 23.2 Å². The van der Waals surface area contributed by atoms with E-state index in [-0.39, 0.29) is 18.1 Å². The van der Waals surface area contributed by atoms with Crippen molar-refractivity contribution in [2.45, 2.75) is 69.8 Å². The fourth-order valence-electron chi connectivity index (χ4n) is 6.94. The first kappa shape index (κ1) is 35.2. The van der Waals surface area contributed by atoms with Gasteiger partial charge in [-0.15, -0.1) is 0 Å². The number of aliphatic hydroxyl groups is 1. The number of methoxy groups -OCH3 is 2. The molecule has 1 aliphatic carbocycles. The molecule has 0 spiro atoms. The standard InChI is InChI=1S/C38H41Cl2N7O4/c1-50-32-16-23(20-47-21-26(45-37(32)47)19-43-24-7-10-27(48)11-8-24)36-35(40)29(14-15-42-36)28-4-3-5-30(34(28)39)31-12-6-22(38(46-31)51-2)17-41-18-25-9-13-33(49)44-25/h3-6,12,14-16,20-21,24-25,27,41,43,48H,7-11,13,17-19H2,1-2H3,(H,44,49)/t24-,25-,27-/m1/s1. The fourth-order valence-corrected chi connectivity index (χ4v) is 7.59. The van der Waals surface area contributed by atoms with Crippen molar-refractivity contribution in [3.8, 4) is 45.3 Å². The molecule has 5 heterocycles. The number of halogens is 2. The van der Waals surface area contributed by atoms with E-state index in [2.05, 4.69) is 20.9 Å². The van der Waals surface area contributed by atoms with Crippen molar-refractivity contribution >= 4 is 34.8 Å². The van der Waals surface area contributed by atoms with Crippen molar-refractivity contribution in [1.82, 2.24) is 35.3 Å². The second-order valence-corrected chi connectivity index (χ2v) is 13.9. The molecule has 2 fully saturated rings. The monoisotopic (exact) mass is 729 g/mol. The van der Waals surface area contributed by atoms with Crippen molar-refractivity contribution in [3.05, 3.63) is 82.4 Å². The fraction of sp³-hybridized carbons (Fsp3) is 0.368. The van der Waals surface area contributed by atoms with Crippen molar-refractivity contribution in [2.24, 2.45) is 0 Å². The summed E-state index contributed by atoms with van der Waals surface area (Å²) in [5.74, 6) is 1.20. The number of nitrogens with one attached hydrogen (secondary N) is 3. The van der Waals surface area contributed by atoms with E-state index >= 15 is 0 Å². The molecule has 0 unspecified atom stereocenters. The molecule has 4 N–H and O–H groups in total. The largest absolute Gasteiger partial charge is 0.493 e. The molecule has 4 aromatic heterocycles. The summed E-state index contributed by atoms with van der Waals surface area (Å²) in [7, 11) is 3.22. The summed E-state index contributed by atoms with van der Waals surface area (Å²) in [4.78, 5) is 25.8. The average molecular weight is 731 g/mol. The number of amides is 1. The number of ether oxygens (including phenoxy) is 2. The van der Waals surface area contributed by atoms with Crippen molar-refractivity contribution in [3.63, 3.8) is 0 Å². The van der Waals surface area contributed by atoms with Gasteiger partial charge in [-0.25, -0.2) is 9.97 Å². The van der Waals surface area contributed by atoms with Gasteiger partial charge < -0.3 is 34.9 Å². The molecule has 0 radical (unpaired) electrons. The first-order valence-corrected chi connectivity index (χ1v) is 18.0. The molecular weight excluding hydrogens is 689 g/mol. The molecule has 51 heavy (non-hydrogen) atoms. The number of hydrogen-bond acceptors (Lipinski definition) is 9. The van der Waals surface area contributed by atoms with E-state index in [0.29, 0.717) is 70.8 Å². The van der Waals surface area contributed by atoms with Crippen molar-refractivity contribution in [1.29, 1.82) is 0 Å². The Morgan fingerprint density at radius 3 is 2.51 bits per heavy atom. The highest BCUT2D eigenvalue weighted by Gasteiger charge is 2.22. The van der Waals surface area contributed by atoms with Gasteiger partial charge in [-0.2, -0.15) is 0 Å². The number of pyridine rings is 3. The zero-order valence-electron chi connectivity index (χ0n) is 28.6. The highest BCUT2D eigenvalue weighted by Crippen LogP contribution is 2.42. The maximum Gasteiger partial charge on any atom is 0.220 e. The van der Waals surface area contributed by atoms with Crippen LogP contribution in [0, 0.1) is 0 Å². The highest BCUT2D eigenvalue weighted by molar-refractivity contribution is 6.39. The minimum absolute atomic E-state index is 0.0979. The van der Waals surface area contributed by atoms with Gasteiger partial charge in [0.1, 0.15) is 0 Å². The van der Waals surface area contributed by atoms with Crippen LogP contribution in [0.5, 0.6) is 11.6 Å². The maximum absolute atomic E-state index is 11.5. The molecule has 1 saturated carbocycles. The molecule has 1 amide bonds. The van der Waals surface area contributed by atoms with Crippen LogP contribution < -0.4 is 25.4 Å². The van der Waals surface area contributed by atoms with Gasteiger partial charge in [0.25, 0.3) is 0 Å². The van der Waals surface area contributed by atoms with Crippen LogP contribution in [-0.2, 0) is 17.9 Å². The molecule has 1 atom stereocenters. The second kappa shape index (κ2) is 15.5. The second-order valence-electron chi connectivity index (χ2n) is 13.1. The normalized spacial score (nSPS) is 19.0. The minimum atomic E-state index is -0.188. The van der Waals surface area contributed by atoms with Gasteiger partial charge in [-0.05, 0) is 50.3 Å². The molecule has 266 valence electrons. The van der Waals surface area contributed by atoms with Gasteiger partial charge in [0.05, 0.1) is 47.5 Å². The molecule has 1 aromatic carbocycles. The van der Waals surface area contributed by atoms with E-state index in [0.717, 1.165) is 65.6 Å². The lowest BCUT2D eigenvalue weighted by atomic mass is 9.93. The Morgan fingerprint density at radius 2 is 1.75 bits per heavy atom. The van der Waals surface area contributed by atoms with Gasteiger partial charge in [0.2, 0.25) is 11.8 Å². The van der Waals surface area contributed by atoms with Crippen LogP contribution in [0.4, 0.5) is 0 Å². The van der Waals surface area contributed by atoms with Crippen LogP contribution in [-0.4, -0.2) is 69.3 Å². The third kappa shape index (κ3) is 7.68. The third-order valence-corrected chi connectivity index (χ3v) is 10.5. The predicted octanol–water partition coefficient (Wildman–Crippen LogP) is 6.21. The van der Waals surface area contributed by atoms with E-state index < -0.39 is 0 Å². The minimum Gasteiger partial charge on any atom is -0.493 e. The maximum atomic E-state index is 11.5. The molecule has 5 aromatic rings. The molecule has 11 nitrogen and oxygen atoms in total. The summed E-state index contributed by atoms with van der Waals surface area (Å²) in [5.41, 5.74) is 6.72. The summed E-state index contributed by atoms with van der Waals surface area (Å²) in [6.07, 6.45) is 10.4. The van der Waals surface area contributed by atoms with E-state index in [1.807, 2.05) is 59.3 Å². The Morgan fingerprint density at radius 1 is 0.941 bits per heavy atom. The highest BCUT2D eigenvalue weighted by atomic mass is 35.5. The summed E-state index contributed by atoms with van der Waals surface area (Å²) >= 11 is 14.3. The van der Waals surface area contributed by atoms with Gasteiger partial charge in [-0.1, -0.05) is 47.5 Å². The van der Waals surface area contributed by atoms with E-state index in [1.165, 1.54) is 0 Å². The molecular formula is C38H41Cl2N7O4. The topological polar surface area (TPSA) is 135 Å². The molecule has 0 bridgehead atoms. The Hall–Kier alpha value is -4.26. The third-order valence-electron chi connectivity index (χ3n) is 9.71. The van der Waals surface area contributed by atoms with Gasteiger partial charge >= 0.3 is 0 Å². The molecule has 13 heteroatoms. The van der Waals surface area contributed by atoms with Crippen LogP contribution in [0.3, 0.4) is 0 Å². The Labute approximate surface area is 306 Å². The molecule has 2 aliphatic rings. The number of rotatable bonds is 12. The lowest BCUT2D eigenvalue weighted by molar-refractivity contribution is -0.119. The summed E-state index contributed by atoms with van der Waals surface area (Å²) in [5, 5.41) is 20.8. The van der Waals surface area contributed by atoms with Crippen LogP contribution in [0.25, 0.3) is 39.3 Å². The van der Waals surface area contributed by atoms with Crippen LogP contribution in [0.2, 0.25) is 10.0 Å². The first-order valence-electron chi connectivity index (χ1n) is 17.3. The molecule has 7 rings (SSSR count). The Kier molecular flexibility index (Phi) is 10.7. The van der Waals surface area contributed by atoms with Crippen LogP contribution in [0.1, 0.15) is 49.8 Å². The summed E-state index contributed by atoms with van der Waals surface area (Å²) in [6, 6.07) is 13.9. The first-order chi connectivity index (χ1) is 24.8. The lowest BCUT2D eigenvalue weighted by Crippen LogP contribution is -2.35. The lowest BCUT2D eigenvalue weighted by Gasteiger charge is -2.25. The number of hydrogen-bond donors (Lipinski definition) is 4. The van der Waals surface area contributed by atoms with Crippen molar-refractivity contribution in [2.75, 3.05) is 20.8 Å². The zero-order chi connectivity index (χ0) is 35.5. The number of carbonyl (C=O) groups is 1. The van der Waals surface area contributed by atoms with Gasteiger partial charge in [-0.3, -0.25) is 9.78 Å². The van der Waals surface area contributed by atoms with E-state index in [4.69, 9.17) is 42.6 Å².